The molecular weight excluding hydrogens is 222 g/mol. The Morgan fingerprint density at radius 1 is 1.35 bits per heavy atom. The number of carbonyl (C=O) groups is 2. The summed E-state index contributed by atoms with van der Waals surface area (Å²) in [6.07, 6.45) is 3.62. The van der Waals surface area contributed by atoms with Gasteiger partial charge >= 0.3 is 5.97 Å². The Morgan fingerprint density at radius 3 is 2.71 bits per heavy atom. The second kappa shape index (κ2) is 4.73. The van der Waals surface area contributed by atoms with Crippen LogP contribution in [-0.4, -0.2) is 32.7 Å². The number of carbonyl (C=O) groups excluding carboxylic acids is 1. The van der Waals surface area contributed by atoms with Crippen molar-refractivity contribution in [3.63, 3.8) is 0 Å². The van der Waals surface area contributed by atoms with Gasteiger partial charge in [-0.25, -0.2) is 9.80 Å². The molecule has 0 aliphatic carbocycles. The van der Waals surface area contributed by atoms with Crippen molar-refractivity contribution in [2.75, 3.05) is 0 Å². The van der Waals surface area contributed by atoms with Crippen molar-refractivity contribution < 1.29 is 14.7 Å². The van der Waals surface area contributed by atoms with Crippen LogP contribution in [0, 0.1) is 0 Å². The van der Waals surface area contributed by atoms with Crippen molar-refractivity contribution in [1.82, 2.24) is 9.99 Å². The molecule has 6 nitrogen and oxygen atoms in total. The first-order chi connectivity index (χ1) is 8.16. The minimum atomic E-state index is -1.07. The van der Waals surface area contributed by atoms with Crippen LogP contribution in [0.1, 0.15) is 18.4 Å². The molecular formula is C11H11N3O3. The normalized spacial score (nSPS) is 15.6. The smallest absolute Gasteiger partial charge is 0.352 e. The molecule has 1 amide bonds. The first-order valence-electron chi connectivity index (χ1n) is 5.17. The zero-order valence-corrected chi connectivity index (χ0v) is 9.04. The number of hydrogen-bond acceptors (Lipinski definition) is 4. The summed E-state index contributed by atoms with van der Waals surface area (Å²) in [4.78, 5) is 26.2. The van der Waals surface area contributed by atoms with E-state index < -0.39 is 5.97 Å². The lowest BCUT2D eigenvalue weighted by Gasteiger charge is -2.21. The van der Waals surface area contributed by atoms with E-state index in [1.165, 1.54) is 5.01 Å². The van der Waals surface area contributed by atoms with Crippen molar-refractivity contribution in [2.24, 2.45) is 5.10 Å². The van der Waals surface area contributed by atoms with Gasteiger partial charge in [0.25, 0.3) is 0 Å². The number of nitrogens with zero attached hydrogens (tertiary/aromatic N) is 3. The summed E-state index contributed by atoms with van der Waals surface area (Å²) < 4.78 is 0. The first kappa shape index (κ1) is 11.3. The zero-order chi connectivity index (χ0) is 12.3. The summed E-state index contributed by atoms with van der Waals surface area (Å²) in [6, 6.07) is 3.52. The van der Waals surface area contributed by atoms with Crippen LogP contribution in [-0.2, 0) is 16.1 Å². The molecule has 6 heteroatoms. The van der Waals surface area contributed by atoms with Crippen LogP contribution >= 0.6 is 0 Å². The van der Waals surface area contributed by atoms with E-state index >= 15 is 0 Å². The number of hydrogen-bond donors (Lipinski definition) is 1. The van der Waals surface area contributed by atoms with E-state index in [0.717, 1.165) is 5.56 Å². The predicted molar refractivity (Wildman–Crippen MR) is 59.1 cm³/mol. The SMILES string of the molecule is O=C(O)C1=NN(Cc2ccncc2)C(=O)CC1. The van der Waals surface area contributed by atoms with Gasteiger partial charge in [-0.1, -0.05) is 0 Å². The van der Waals surface area contributed by atoms with Crippen LogP contribution in [0.5, 0.6) is 0 Å². The molecule has 1 N–H and O–H groups in total. The lowest BCUT2D eigenvalue weighted by molar-refractivity contribution is -0.133. The summed E-state index contributed by atoms with van der Waals surface area (Å²) in [5, 5.41) is 13.9. The number of pyridine rings is 1. The molecule has 17 heavy (non-hydrogen) atoms. The topological polar surface area (TPSA) is 82.9 Å². The number of aromatic nitrogens is 1. The highest BCUT2D eigenvalue weighted by Gasteiger charge is 2.23. The van der Waals surface area contributed by atoms with E-state index in [4.69, 9.17) is 5.11 Å². The second-order valence-corrected chi connectivity index (χ2v) is 3.66. The van der Waals surface area contributed by atoms with Crippen molar-refractivity contribution in [3.8, 4) is 0 Å². The largest absolute Gasteiger partial charge is 0.477 e. The van der Waals surface area contributed by atoms with Gasteiger partial charge in [-0.15, -0.1) is 0 Å². The Bertz CT molecular complexity index is 470. The molecule has 0 atom stereocenters. The van der Waals surface area contributed by atoms with Crippen molar-refractivity contribution >= 4 is 17.6 Å². The maximum absolute atomic E-state index is 11.6. The monoisotopic (exact) mass is 233 g/mol. The Labute approximate surface area is 97.6 Å². The maximum atomic E-state index is 11.6. The quantitative estimate of drug-likeness (QED) is 0.830. The van der Waals surface area contributed by atoms with Crippen molar-refractivity contribution in [3.05, 3.63) is 30.1 Å². The molecule has 0 unspecified atom stereocenters. The van der Waals surface area contributed by atoms with Crippen LogP contribution in [0.25, 0.3) is 0 Å². The lowest BCUT2D eigenvalue weighted by Crippen LogP contribution is -2.33. The van der Waals surface area contributed by atoms with Gasteiger partial charge in [0, 0.05) is 25.2 Å². The van der Waals surface area contributed by atoms with Crippen LogP contribution in [0.15, 0.2) is 29.6 Å². The predicted octanol–water partition coefficient (Wildman–Crippen LogP) is 0.645. The summed E-state index contributed by atoms with van der Waals surface area (Å²) in [5.41, 5.74) is 0.891. The van der Waals surface area contributed by atoms with Gasteiger partial charge in [-0.3, -0.25) is 9.78 Å². The van der Waals surface area contributed by atoms with Gasteiger partial charge < -0.3 is 5.11 Å². The van der Waals surface area contributed by atoms with E-state index in [0.29, 0.717) is 0 Å². The van der Waals surface area contributed by atoms with Crippen molar-refractivity contribution in [2.45, 2.75) is 19.4 Å². The highest BCUT2D eigenvalue weighted by molar-refractivity contribution is 6.36. The molecule has 2 rings (SSSR count). The Kier molecular flexibility index (Phi) is 3.13. The molecule has 0 aromatic carbocycles. The summed E-state index contributed by atoms with van der Waals surface area (Å²) in [7, 11) is 0. The fourth-order valence-corrected chi connectivity index (χ4v) is 1.54. The molecule has 0 radical (unpaired) electrons. The maximum Gasteiger partial charge on any atom is 0.352 e. The highest BCUT2D eigenvalue weighted by Crippen LogP contribution is 2.13. The molecule has 0 bridgehead atoms. The Morgan fingerprint density at radius 2 is 2.06 bits per heavy atom. The van der Waals surface area contributed by atoms with Crippen LogP contribution in [0.4, 0.5) is 0 Å². The van der Waals surface area contributed by atoms with E-state index in [1.54, 1.807) is 24.5 Å². The molecule has 0 fully saturated rings. The summed E-state index contributed by atoms with van der Waals surface area (Å²) in [5.74, 6) is -1.23. The number of carboxylic acid groups (broad SMARTS) is 1. The van der Waals surface area contributed by atoms with Gasteiger partial charge in [-0.05, 0) is 17.7 Å². The molecule has 1 aromatic heterocycles. The average Bonchev–Trinajstić information content (AvgIpc) is 2.33. The third kappa shape index (κ3) is 2.66. The molecule has 2 heterocycles. The Balaban J connectivity index is 2.16. The summed E-state index contributed by atoms with van der Waals surface area (Å²) in [6.45, 7) is 0.276. The number of carboxylic acids is 1. The molecule has 88 valence electrons. The number of aliphatic carboxylic acids is 1. The van der Waals surface area contributed by atoms with E-state index in [2.05, 4.69) is 10.1 Å². The Hall–Kier alpha value is -2.24. The standard InChI is InChI=1S/C11H11N3O3/c15-10-2-1-9(11(16)17)13-14(10)7-8-3-5-12-6-4-8/h3-6H,1-2,7H2,(H,16,17). The number of hydrazone groups is 1. The van der Waals surface area contributed by atoms with Gasteiger partial charge in [0.1, 0.15) is 5.71 Å². The molecule has 0 saturated heterocycles. The average molecular weight is 233 g/mol. The minimum Gasteiger partial charge on any atom is -0.477 e. The minimum absolute atomic E-state index is 0.0265. The van der Waals surface area contributed by atoms with E-state index in [9.17, 15) is 9.59 Å². The zero-order valence-electron chi connectivity index (χ0n) is 9.04. The van der Waals surface area contributed by atoms with Crippen LogP contribution < -0.4 is 0 Å². The number of rotatable bonds is 3. The third-order valence-corrected chi connectivity index (χ3v) is 2.43. The van der Waals surface area contributed by atoms with Gasteiger partial charge in [0.05, 0.1) is 6.54 Å². The third-order valence-electron chi connectivity index (χ3n) is 2.43. The van der Waals surface area contributed by atoms with Crippen molar-refractivity contribution in [1.29, 1.82) is 0 Å². The molecule has 0 spiro atoms. The van der Waals surface area contributed by atoms with Crippen LogP contribution in [0.3, 0.4) is 0 Å². The fraction of sp³-hybridized carbons (Fsp3) is 0.273. The highest BCUT2D eigenvalue weighted by atomic mass is 16.4. The molecule has 1 aliphatic rings. The van der Waals surface area contributed by atoms with E-state index in [1.807, 2.05) is 0 Å². The van der Waals surface area contributed by atoms with Crippen LogP contribution in [0.2, 0.25) is 0 Å². The van der Waals surface area contributed by atoms with Gasteiger partial charge in [0.15, 0.2) is 0 Å². The van der Waals surface area contributed by atoms with E-state index in [-0.39, 0.29) is 31.0 Å². The second-order valence-electron chi connectivity index (χ2n) is 3.66. The first-order valence-corrected chi connectivity index (χ1v) is 5.17. The van der Waals surface area contributed by atoms with Gasteiger partial charge in [-0.2, -0.15) is 5.10 Å². The molecule has 0 saturated carbocycles. The lowest BCUT2D eigenvalue weighted by atomic mass is 10.1. The fourth-order valence-electron chi connectivity index (χ4n) is 1.54. The molecule has 1 aromatic rings. The number of amides is 1. The van der Waals surface area contributed by atoms with Gasteiger partial charge in [0.2, 0.25) is 5.91 Å². The molecule has 1 aliphatic heterocycles. The summed E-state index contributed by atoms with van der Waals surface area (Å²) >= 11 is 0.